The van der Waals surface area contributed by atoms with Crippen molar-refractivity contribution in [2.75, 3.05) is 27.2 Å². The van der Waals surface area contributed by atoms with Crippen molar-refractivity contribution in [1.29, 1.82) is 0 Å². The third-order valence-corrected chi connectivity index (χ3v) is 3.85. The average molecular weight is 232 g/mol. The molecule has 1 aromatic rings. The standard InChI is InChI=1S/C15H24N2/c1-11-5-6-14(12(2)9-11)15(17(3)4)13-7-8-16-10-13/h5-6,9,13,15-16H,7-8,10H2,1-4H3. The largest absolute Gasteiger partial charge is 0.316 e. The van der Waals surface area contributed by atoms with E-state index in [1.165, 1.54) is 29.7 Å². The van der Waals surface area contributed by atoms with Crippen molar-refractivity contribution < 1.29 is 0 Å². The molecule has 2 heteroatoms. The van der Waals surface area contributed by atoms with E-state index in [4.69, 9.17) is 0 Å². The Morgan fingerprint density at radius 1 is 1.29 bits per heavy atom. The fourth-order valence-corrected chi connectivity index (χ4v) is 3.06. The Balaban J connectivity index is 2.31. The van der Waals surface area contributed by atoms with Crippen molar-refractivity contribution in [2.24, 2.45) is 5.92 Å². The van der Waals surface area contributed by atoms with Crippen molar-refractivity contribution >= 4 is 0 Å². The van der Waals surface area contributed by atoms with Gasteiger partial charge in [0.25, 0.3) is 0 Å². The molecule has 1 N–H and O–H groups in total. The van der Waals surface area contributed by atoms with E-state index in [0.29, 0.717) is 6.04 Å². The first-order chi connectivity index (χ1) is 8.09. The van der Waals surface area contributed by atoms with Gasteiger partial charge in [-0.1, -0.05) is 23.8 Å². The third kappa shape index (κ3) is 2.70. The minimum atomic E-state index is 0.547. The SMILES string of the molecule is Cc1ccc(C(C2CCNC2)N(C)C)c(C)c1. The molecule has 2 nitrogen and oxygen atoms in total. The monoisotopic (exact) mass is 232 g/mol. The maximum absolute atomic E-state index is 3.48. The topological polar surface area (TPSA) is 15.3 Å². The molecule has 1 heterocycles. The zero-order chi connectivity index (χ0) is 12.4. The summed E-state index contributed by atoms with van der Waals surface area (Å²) in [6.45, 7) is 6.72. The molecule has 1 fully saturated rings. The van der Waals surface area contributed by atoms with E-state index in [1.807, 2.05) is 0 Å². The molecule has 2 atom stereocenters. The number of rotatable bonds is 3. The second-order valence-electron chi connectivity index (χ2n) is 5.52. The summed E-state index contributed by atoms with van der Waals surface area (Å²) >= 11 is 0. The lowest BCUT2D eigenvalue weighted by atomic mass is 9.88. The number of nitrogens with zero attached hydrogens (tertiary/aromatic N) is 1. The van der Waals surface area contributed by atoms with Crippen molar-refractivity contribution in [3.05, 3.63) is 34.9 Å². The average Bonchev–Trinajstić information content (AvgIpc) is 2.74. The van der Waals surface area contributed by atoms with Crippen LogP contribution in [0.15, 0.2) is 18.2 Å². The van der Waals surface area contributed by atoms with Crippen LogP contribution >= 0.6 is 0 Å². The van der Waals surface area contributed by atoms with Gasteiger partial charge in [-0.05, 0) is 64.5 Å². The zero-order valence-corrected chi connectivity index (χ0v) is 11.5. The highest BCUT2D eigenvalue weighted by molar-refractivity contribution is 5.33. The molecule has 2 rings (SSSR count). The number of benzene rings is 1. The van der Waals surface area contributed by atoms with E-state index in [-0.39, 0.29) is 0 Å². The molecule has 17 heavy (non-hydrogen) atoms. The van der Waals surface area contributed by atoms with Crippen LogP contribution in [0.3, 0.4) is 0 Å². The quantitative estimate of drug-likeness (QED) is 0.861. The van der Waals surface area contributed by atoms with Gasteiger partial charge in [-0.2, -0.15) is 0 Å². The van der Waals surface area contributed by atoms with Crippen LogP contribution in [0.5, 0.6) is 0 Å². The van der Waals surface area contributed by atoms with E-state index in [2.05, 4.69) is 56.4 Å². The van der Waals surface area contributed by atoms with Gasteiger partial charge in [-0.25, -0.2) is 0 Å². The molecule has 94 valence electrons. The molecular formula is C15H24N2. The highest BCUT2D eigenvalue weighted by Crippen LogP contribution is 2.32. The molecule has 2 unspecified atom stereocenters. The molecule has 0 bridgehead atoms. The van der Waals surface area contributed by atoms with Crippen LogP contribution < -0.4 is 5.32 Å². The Morgan fingerprint density at radius 3 is 2.59 bits per heavy atom. The first kappa shape index (κ1) is 12.6. The molecule has 0 saturated carbocycles. The molecule has 0 aromatic heterocycles. The van der Waals surface area contributed by atoms with Gasteiger partial charge < -0.3 is 10.2 Å². The van der Waals surface area contributed by atoms with Crippen LogP contribution in [0.1, 0.15) is 29.2 Å². The molecule has 1 aliphatic heterocycles. The highest BCUT2D eigenvalue weighted by Gasteiger charge is 2.28. The molecule has 0 aliphatic carbocycles. The summed E-state index contributed by atoms with van der Waals surface area (Å²) < 4.78 is 0. The van der Waals surface area contributed by atoms with Crippen LogP contribution in [0, 0.1) is 19.8 Å². The van der Waals surface area contributed by atoms with Crippen LogP contribution in [0.2, 0.25) is 0 Å². The molecule has 0 radical (unpaired) electrons. The molecule has 1 aliphatic rings. The number of hydrogen-bond donors (Lipinski definition) is 1. The first-order valence-corrected chi connectivity index (χ1v) is 6.54. The molecular weight excluding hydrogens is 208 g/mol. The van der Waals surface area contributed by atoms with Crippen LogP contribution in [-0.2, 0) is 0 Å². The predicted molar refractivity (Wildman–Crippen MR) is 73.3 cm³/mol. The van der Waals surface area contributed by atoms with Crippen molar-refractivity contribution in [3.8, 4) is 0 Å². The zero-order valence-electron chi connectivity index (χ0n) is 11.5. The maximum Gasteiger partial charge on any atom is 0.0385 e. The van der Waals surface area contributed by atoms with Gasteiger partial charge in [0.05, 0.1) is 0 Å². The smallest absolute Gasteiger partial charge is 0.0385 e. The Kier molecular flexibility index (Phi) is 3.85. The van der Waals surface area contributed by atoms with Crippen LogP contribution in [0.4, 0.5) is 0 Å². The Morgan fingerprint density at radius 2 is 2.06 bits per heavy atom. The normalized spacial score (nSPS) is 22.1. The van der Waals surface area contributed by atoms with Gasteiger partial charge in [0, 0.05) is 6.04 Å². The van der Waals surface area contributed by atoms with Gasteiger partial charge in [0.2, 0.25) is 0 Å². The first-order valence-electron chi connectivity index (χ1n) is 6.54. The Labute approximate surface area is 105 Å². The van der Waals surface area contributed by atoms with Gasteiger partial charge >= 0.3 is 0 Å². The Bertz CT molecular complexity index is 379. The van der Waals surface area contributed by atoms with E-state index in [0.717, 1.165) is 12.5 Å². The van der Waals surface area contributed by atoms with Gasteiger partial charge in [0.1, 0.15) is 0 Å². The predicted octanol–water partition coefficient (Wildman–Crippen LogP) is 2.52. The highest BCUT2D eigenvalue weighted by atomic mass is 15.1. The minimum Gasteiger partial charge on any atom is -0.316 e. The number of nitrogens with one attached hydrogen (secondary N) is 1. The fraction of sp³-hybridized carbons (Fsp3) is 0.600. The van der Waals surface area contributed by atoms with Crippen molar-refractivity contribution in [2.45, 2.75) is 26.3 Å². The summed E-state index contributed by atoms with van der Waals surface area (Å²) in [5.41, 5.74) is 4.28. The number of aryl methyl sites for hydroxylation is 2. The lowest BCUT2D eigenvalue weighted by Gasteiger charge is -2.31. The summed E-state index contributed by atoms with van der Waals surface area (Å²) in [5.74, 6) is 0.742. The molecule has 1 saturated heterocycles. The molecule has 0 spiro atoms. The molecule has 0 amide bonds. The van der Waals surface area contributed by atoms with Crippen molar-refractivity contribution in [1.82, 2.24) is 10.2 Å². The van der Waals surface area contributed by atoms with E-state index in [1.54, 1.807) is 0 Å². The van der Waals surface area contributed by atoms with Gasteiger partial charge in [-0.3, -0.25) is 0 Å². The summed E-state index contributed by atoms with van der Waals surface area (Å²) in [4.78, 5) is 2.37. The van der Waals surface area contributed by atoms with Crippen LogP contribution in [-0.4, -0.2) is 32.1 Å². The summed E-state index contributed by atoms with van der Waals surface area (Å²) in [6, 6.07) is 7.40. The van der Waals surface area contributed by atoms with E-state index in [9.17, 15) is 0 Å². The lowest BCUT2D eigenvalue weighted by molar-refractivity contribution is 0.222. The van der Waals surface area contributed by atoms with Gasteiger partial charge in [0.15, 0.2) is 0 Å². The van der Waals surface area contributed by atoms with Crippen molar-refractivity contribution in [3.63, 3.8) is 0 Å². The van der Waals surface area contributed by atoms with E-state index < -0.39 is 0 Å². The lowest BCUT2D eigenvalue weighted by Crippen LogP contribution is -2.29. The molecule has 1 aromatic carbocycles. The summed E-state index contributed by atoms with van der Waals surface area (Å²) in [6.07, 6.45) is 1.29. The van der Waals surface area contributed by atoms with Crippen LogP contribution in [0.25, 0.3) is 0 Å². The Hall–Kier alpha value is -0.860. The maximum atomic E-state index is 3.48. The summed E-state index contributed by atoms with van der Waals surface area (Å²) in [5, 5.41) is 3.48. The number of hydrogen-bond acceptors (Lipinski definition) is 2. The summed E-state index contributed by atoms with van der Waals surface area (Å²) in [7, 11) is 4.39. The second kappa shape index (κ2) is 5.19. The second-order valence-corrected chi connectivity index (χ2v) is 5.52. The third-order valence-electron chi connectivity index (χ3n) is 3.85. The fourth-order valence-electron chi connectivity index (χ4n) is 3.06. The van der Waals surface area contributed by atoms with E-state index >= 15 is 0 Å². The minimum absolute atomic E-state index is 0.547. The van der Waals surface area contributed by atoms with Gasteiger partial charge in [-0.15, -0.1) is 0 Å².